The van der Waals surface area contributed by atoms with E-state index in [0.29, 0.717) is 5.75 Å². The van der Waals surface area contributed by atoms with Crippen molar-refractivity contribution in [3.63, 3.8) is 0 Å². The summed E-state index contributed by atoms with van der Waals surface area (Å²) in [4.78, 5) is 11.8. The van der Waals surface area contributed by atoms with Crippen LogP contribution in [0.2, 0.25) is 0 Å². The monoisotopic (exact) mass is 299 g/mol. The summed E-state index contributed by atoms with van der Waals surface area (Å²) in [6, 6.07) is 7.67. The van der Waals surface area contributed by atoms with Crippen LogP contribution in [0.4, 0.5) is 0 Å². The van der Waals surface area contributed by atoms with E-state index in [1.807, 2.05) is 38.1 Å². The first kappa shape index (κ1) is 14.0. The van der Waals surface area contributed by atoms with Gasteiger partial charge in [0.05, 0.1) is 4.47 Å². The number of benzene rings is 1. The molecule has 0 heterocycles. The van der Waals surface area contributed by atoms with Gasteiger partial charge in [0.2, 0.25) is 0 Å². The first-order valence-electron chi connectivity index (χ1n) is 5.76. The Bertz CT molecular complexity index is 381. The van der Waals surface area contributed by atoms with Crippen LogP contribution in [0.5, 0.6) is 5.75 Å². The molecule has 0 aliphatic rings. The molecule has 17 heavy (non-hydrogen) atoms. The van der Waals surface area contributed by atoms with E-state index >= 15 is 0 Å². The van der Waals surface area contributed by atoms with Gasteiger partial charge in [0.15, 0.2) is 6.10 Å². The van der Waals surface area contributed by atoms with Crippen molar-refractivity contribution in [2.75, 3.05) is 0 Å². The molecule has 1 N–H and O–H groups in total. The summed E-state index contributed by atoms with van der Waals surface area (Å²) < 4.78 is 6.44. The molecule has 2 atom stereocenters. The maximum Gasteiger partial charge on any atom is 0.260 e. The summed E-state index contributed by atoms with van der Waals surface area (Å²) in [7, 11) is 0. The first-order chi connectivity index (χ1) is 8.04. The largest absolute Gasteiger partial charge is 0.480 e. The Morgan fingerprint density at radius 2 is 2.06 bits per heavy atom. The summed E-state index contributed by atoms with van der Waals surface area (Å²) in [5.74, 6) is 0.592. The number of hydrogen-bond donors (Lipinski definition) is 1. The molecule has 1 aromatic rings. The standard InChI is InChI=1S/C13H18BrNO2/c1-4-9(2)15-13(16)10(3)17-12-8-6-5-7-11(12)14/h5-10H,4H2,1-3H3,(H,15,16). The van der Waals surface area contributed by atoms with Crippen molar-refractivity contribution in [2.24, 2.45) is 0 Å². The van der Waals surface area contributed by atoms with Gasteiger partial charge in [0.25, 0.3) is 5.91 Å². The zero-order valence-corrected chi connectivity index (χ0v) is 12.0. The molecule has 0 radical (unpaired) electrons. The lowest BCUT2D eigenvalue weighted by Gasteiger charge is -2.18. The number of rotatable bonds is 5. The number of para-hydroxylation sites is 1. The summed E-state index contributed by atoms with van der Waals surface area (Å²) >= 11 is 3.38. The number of halogens is 1. The van der Waals surface area contributed by atoms with Gasteiger partial charge in [-0.25, -0.2) is 0 Å². The van der Waals surface area contributed by atoms with Crippen LogP contribution in [0.25, 0.3) is 0 Å². The van der Waals surface area contributed by atoms with E-state index in [1.54, 1.807) is 6.92 Å². The lowest BCUT2D eigenvalue weighted by Crippen LogP contribution is -2.41. The van der Waals surface area contributed by atoms with Crippen molar-refractivity contribution in [1.82, 2.24) is 5.32 Å². The highest BCUT2D eigenvalue weighted by Gasteiger charge is 2.16. The molecule has 0 bridgehead atoms. The van der Waals surface area contributed by atoms with Gasteiger partial charge in [-0.05, 0) is 48.3 Å². The second-order valence-electron chi connectivity index (χ2n) is 4.01. The van der Waals surface area contributed by atoms with Gasteiger partial charge in [0.1, 0.15) is 5.75 Å². The molecule has 0 fully saturated rings. The Kier molecular flexibility index (Phi) is 5.48. The Morgan fingerprint density at radius 3 is 2.65 bits per heavy atom. The highest BCUT2D eigenvalue weighted by molar-refractivity contribution is 9.10. The van der Waals surface area contributed by atoms with Crippen molar-refractivity contribution in [1.29, 1.82) is 0 Å². The fourth-order valence-electron chi connectivity index (χ4n) is 1.25. The maximum atomic E-state index is 11.8. The van der Waals surface area contributed by atoms with E-state index < -0.39 is 6.10 Å². The van der Waals surface area contributed by atoms with E-state index in [2.05, 4.69) is 21.2 Å². The average molecular weight is 300 g/mol. The van der Waals surface area contributed by atoms with Gasteiger partial charge in [-0.2, -0.15) is 0 Å². The van der Waals surface area contributed by atoms with E-state index in [1.165, 1.54) is 0 Å². The number of ether oxygens (including phenoxy) is 1. The van der Waals surface area contributed by atoms with Gasteiger partial charge in [-0.1, -0.05) is 19.1 Å². The number of carbonyl (C=O) groups is 1. The lowest BCUT2D eigenvalue weighted by atomic mass is 10.2. The Balaban J connectivity index is 2.57. The minimum Gasteiger partial charge on any atom is -0.480 e. The summed E-state index contributed by atoms with van der Waals surface area (Å²) in [5.41, 5.74) is 0. The molecule has 4 heteroatoms. The maximum absolute atomic E-state index is 11.8. The zero-order chi connectivity index (χ0) is 12.8. The highest BCUT2D eigenvalue weighted by Crippen LogP contribution is 2.24. The molecule has 0 saturated heterocycles. The molecule has 2 unspecified atom stereocenters. The molecule has 0 spiro atoms. The minimum absolute atomic E-state index is 0.0879. The summed E-state index contributed by atoms with van der Waals surface area (Å²) in [6.45, 7) is 5.75. The van der Waals surface area contributed by atoms with Crippen molar-refractivity contribution in [3.05, 3.63) is 28.7 Å². The third kappa shape index (κ3) is 4.38. The van der Waals surface area contributed by atoms with Crippen LogP contribution in [0, 0.1) is 0 Å². The van der Waals surface area contributed by atoms with Crippen molar-refractivity contribution < 1.29 is 9.53 Å². The normalized spacial score (nSPS) is 13.9. The topological polar surface area (TPSA) is 38.3 Å². The molecular weight excluding hydrogens is 282 g/mol. The third-order valence-electron chi connectivity index (χ3n) is 2.51. The van der Waals surface area contributed by atoms with Crippen LogP contribution in [0.15, 0.2) is 28.7 Å². The molecule has 1 amide bonds. The molecule has 0 aliphatic carbocycles. The molecule has 0 aromatic heterocycles. The molecule has 94 valence electrons. The zero-order valence-electron chi connectivity index (χ0n) is 10.4. The van der Waals surface area contributed by atoms with Crippen LogP contribution in [-0.2, 0) is 4.79 Å². The number of carbonyl (C=O) groups excluding carboxylic acids is 1. The SMILES string of the molecule is CCC(C)NC(=O)C(C)Oc1ccccc1Br. The van der Waals surface area contributed by atoms with E-state index in [-0.39, 0.29) is 11.9 Å². The Morgan fingerprint density at radius 1 is 1.41 bits per heavy atom. The quantitative estimate of drug-likeness (QED) is 0.907. The molecular formula is C13H18BrNO2. The molecule has 1 rings (SSSR count). The average Bonchev–Trinajstić information content (AvgIpc) is 2.31. The minimum atomic E-state index is -0.498. The lowest BCUT2D eigenvalue weighted by molar-refractivity contribution is -0.127. The van der Waals surface area contributed by atoms with Crippen molar-refractivity contribution in [3.8, 4) is 5.75 Å². The Hall–Kier alpha value is -1.03. The number of nitrogens with one attached hydrogen (secondary N) is 1. The molecule has 0 aliphatic heterocycles. The highest BCUT2D eigenvalue weighted by atomic mass is 79.9. The van der Waals surface area contributed by atoms with Crippen LogP contribution in [-0.4, -0.2) is 18.1 Å². The molecule has 0 saturated carbocycles. The van der Waals surface area contributed by atoms with E-state index in [9.17, 15) is 4.79 Å². The smallest absolute Gasteiger partial charge is 0.260 e. The van der Waals surface area contributed by atoms with Gasteiger partial charge in [0, 0.05) is 6.04 Å². The van der Waals surface area contributed by atoms with Crippen molar-refractivity contribution in [2.45, 2.75) is 39.3 Å². The summed E-state index contributed by atoms with van der Waals surface area (Å²) in [6.07, 6.45) is 0.413. The van der Waals surface area contributed by atoms with Crippen LogP contribution in [0.1, 0.15) is 27.2 Å². The second kappa shape index (κ2) is 6.64. The van der Waals surface area contributed by atoms with Crippen LogP contribution >= 0.6 is 15.9 Å². The van der Waals surface area contributed by atoms with Crippen molar-refractivity contribution >= 4 is 21.8 Å². The molecule has 1 aromatic carbocycles. The van der Waals surface area contributed by atoms with Gasteiger partial charge >= 0.3 is 0 Å². The van der Waals surface area contributed by atoms with Gasteiger partial charge in [-0.3, -0.25) is 4.79 Å². The van der Waals surface area contributed by atoms with Crippen LogP contribution < -0.4 is 10.1 Å². The third-order valence-corrected chi connectivity index (χ3v) is 3.17. The molecule has 3 nitrogen and oxygen atoms in total. The predicted octanol–water partition coefficient (Wildman–Crippen LogP) is 3.13. The number of amides is 1. The van der Waals surface area contributed by atoms with E-state index in [0.717, 1.165) is 10.9 Å². The van der Waals surface area contributed by atoms with Gasteiger partial charge in [-0.15, -0.1) is 0 Å². The van der Waals surface area contributed by atoms with E-state index in [4.69, 9.17) is 4.74 Å². The van der Waals surface area contributed by atoms with Crippen LogP contribution in [0.3, 0.4) is 0 Å². The Labute approximate surface area is 111 Å². The summed E-state index contributed by atoms with van der Waals surface area (Å²) in [5, 5.41) is 2.89. The fourth-order valence-corrected chi connectivity index (χ4v) is 1.62. The predicted molar refractivity (Wildman–Crippen MR) is 72.1 cm³/mol. The fraction of sp³-hybridized carbons (Fsp3) is 0.462. The second-order valence-corrected chi connectivity index (χ2v) is 4.86. The van der Waals surface area contributed by atoms with Gasteiger partial charge < -0.3 is 10.1 Å². The first-order valence-corrected chi connectivity index (χ1v) is 6.55. The number of hydrogen-bond acceptors (Lipinski definition) is 2.